The normalized spacial score (nSPS) is 29.0. The van der Waals surface area contributed by atoms with Crippen LogP contribution in [0.3, 0.4) is 0 Å². The average Bonchev–Trinajstić information content (AvgIpc) is 3.43. The highest BCUT2D eigenvalue weighted by molar-refractivity contribution is 6.03. The number of amides is 2. The van der Waals surface area contributed by atoms with Crippen LogP contribution in [0.4, 0.5) is 10.1 Å². The highest BCUT2D eigenvalue weighted by Crippen LogP contribution is 2.53. The van der Waals surface area contributed by atoms with E-state index in [1.165, 1.54) is 12.1 Å². The number of hydrogen-bond acceptors (Lipinski definition) is 4. The van der Waals surface area contributed by atoms with Gasteiger partial charge in [0.25, 0.3) is 0 Å². The van der Waals surface area contributed by atoms with Crippen LogP contribution in [0, 0.1) is 31.5 Å². The second-order valence-electron chi connectivity index (χ2n) is 8.49. The number of nitrogens with zero attached hydrogens (tertiary/aromatic N) is 3. The lowest BCUT2D eigenvalue weighted by Crippen LogP contribution is -2.44. The molecule has 2 saturated heterocycles. The molecular weight excluding hydrogens is 387 g/mol. The van der Waals surface area contributed by atoms with Gasteiger partial charge in [-0.15, -0.1) is 0 Å². The van der Waals surface area contributed by atoms with Gasteiger partial charge in [-0.05, 0) is 43.7 Å². The molecule has 1 aromatic carbocycles. The first-order valence-corrected chi connectivity index (χ1v) is 10.00. The summed E-state index contributed by atoms with van der Waals surface area (Å²) in [5.74, 6) is -1.81. The van der Waals surface area contributed by atoms with Gasteiger partial charge in [0, 0.05) is 18.4 Å². The SMILES string of the molecule is Cc1cc(CN(C)C(=O)C2C3C(=O)N(c4ccc(F)cc4C)C[C@@]34C=C[C@@H]2O4)n[nH]1. The van der Waals surface area contributed by atoms with Crippen LogP contribution in [-0.2, 0) is 20.9 Å². The molecule has 0 radical (unpaired) electrons. The molecule has 8 heteroatoms. The zero-order chi connectivity index (χ0) is 21.2. The fraction of sp³-hybridized carbons (Fsp3) is 0.409. The summed E-state index contributed by atoms with van der Waals surface area (Å²) >= 11 is 0. The van der Waals surface area contributed by atoms with Crippen LogP contribution in [0.2, 0.25) is 0 Å². The Labute approximate surface area is 173 Å². The van der Waals surface area contributed by atoms with Gasteiger partial charge in [-0.1, -0.05) is 12.2 Å². The molecule has 1 N–H and O–H groups in total. The fourth-order valence-electron chi connectivity index (χ4n) is 5.04. The van der Waals surface area contributed by atoms with Crippen molar-refractivity contribution in [1.29, 1.82) is 0 Å². The number of anilines is 1. The van der Waals surface area contributed by atoms with Gasteiger partial charge in [0.2, 0.25) is 11.8 Å². The van der Waals surface area contributed by atoms with Crippen LogP contribution in [0.25, 0.3) is 0 Å². The first-order chi connectivity index (χ1) is 14.3. The zero-order valence-corrected chi connectivity index (χ0v) is 17.1. The lowest BCUT2D eigenvalue weighted by Gasteiger charge is -2.27. The predicted octanol–water partition coefficient (Wildman–Crippen LogP) is 2.11. The highest BCUT2D eigenvalue weighted by atomic mass is 19.1. The molecule has 2 bridgehead atoms. The zero-order valence-electron chi connectivity index (χ0n) is 17.1. The van der Waals surface area contributed by atoms with E-state index in [9.17, 15) is 14.0 Å². The molecule has 4 heterocycles. The Morgan fingerprint density at radius 2 is 2.20 bits per heavy atom. The molecule has 1 aromatic heterocycles. The molecule has 2 amide bonds. The van der Waals surface area contributed by atoms with E-state index in [-0.39, 0.29) is 17.6 Å². The minimum atomic E-state index is -0.813. The molecule has 156 valence electrons. The smallest absolute Gasteiger partial charge is 0.234 e. The first kappa shape index (κ1) is 19.0. The van der Waals surface area contributed by atoms with E-state index in [4.69, 9.17) is 4.74 Å². The standard InChI is InChI=1S/C22H23FN4O3/c1-12-8-14(23)4-5-16(12)27-11-22-7-6-17(30-22)18(19(22)21(27)29)20(28)26(3)10-15-9-13(2)24-25-15/h4-9,17-19H,10-11H2,1-3H3,(H,24,25)/t17-,18?,19?,22-/m0/s1. The Morgan fingerprint density at radius 3 is 2.90 bits per heavy atom. The molecule has 2 unspecified atom stereocenters. The van der Waals surface area contributed by atoms with E-state index in [0.717, 1.165) is 11.4 Å². The van der Waals surface area contributed by atoms with Gasteiger partial charge in [-0.3, -0.25) is 14.7 Å². The van der Waals surface area contributed by atoms with Crippen LogP contribution in [-0.4, -0.2) is 52.2 Å². The predicted molar refractivity (Wildman–Crippen MR) is 107 cm³/mol. The molecule has 1 spiro atoms. The van der Waals surface area contributed by atoms with Gasteiger partial charge >= 0.3 is 0 Å². The number of aromatic amines is 1. The summed E-state index contributed by atoms with van der Waals surface area (Å²) in [7, 11) is 1.72. The largest absolute Gasteiger partial charge is 0.360 e. The second kappa shape index (κ2) is 6.50. The van der Waals surface area contributed by atoms with E-state index in [1.807, 2.05) is 25.1 Å². The Bertz CT molecular complexity index is 1080. The molecule has 2 aromatic rings. The Kier molecular flexibility index (Phi) is 4.12. The van der Waals surface area contributed by atoms with Gasteiger partial charge in [0.05, 0.1) is 36.7 Å². The Balaban J connectivity index is 1.43. The summed E-state index contributed by atoms with van der Waals surface area (Å²) in [5.41, 5.74) is 2.20. The minimum Gasteiger partial charge on any atom is -0.360 e. The number of halogens is 1. The number of nitrogens with one attached hydrogen (secondary N) is 1. The first-order valence-electron chi connectivity index (χ1n) is 10.00. The molecule has 4 atom stereocenters. The van der Waals surface area contributed by atoms with Crippen molar-refractivity contribution in [3.05, 3.63) is 59.2 Å². The topological polar surface area (TPSA) is 78.5 Å². The third-order valence-corrected chi connectivity index (χ3v) is 6.37. The molecule has 30 heavy (non-hydrogen) atoms. The molecule has 5 rings (SSSR count). The molecule has 7 nitrogen and oxygen atoms in total. The molecule has 0 aliphatic carbocycles. The van der Waals surface area contributed by atoms with Crippen molar-refractivity contribution < 1.29 is 18.7 Å². The van der Waals surface area contributed by atoms with Crippen LogP contribution in [0.5, 0.6) is 0 Å². The van der Waals surface area contributed by atoms with Crippen molar-refractivity contribution in [1.82, 2.24) is 15.1 Å². The highest BCUT2D eigenvalue weighted by Gasteiger charge is 2.67. The van der Waals surface area contributed by atoms with Crippen LogP contribution < -0.4 is 4.90 Å². The third kappa shape index (κ3) is 2.70. The fourth-order valence-corrected chi connectivity index (χ4v) is 5.04. The van der Waals surface area contributed by atoms with Gasteiger partial charge < -0.3 is 14.5 Å². The van der Waals surface area contributed by atoms with Crippen molar-refractivity contribution in [3.8, 4) is 0 Å². The van der Waals surface area contributed by atoms with E-state index in [0.29, 0.717) is 24.3 Å². The monoisotopic (exact) mass is 410 g/mol. The van der Waals surface area contributed by atoms with Crippen molar-refractivity contribution in [3.63, 3.8) is 0 Å². The summed E-state index contributed by atoms with van der Waals surface area (Å²) in [6.45, 7) is 4.35. The molecule has 0 saturated carbocycles. The number of H-pyrrole nitrogens is 1. The maximum atomic E-state index is 13.6. The maximum Gasteiger partial charge on any atom is 0.234 e. The quantitative estimate of drug-likeness (QED) is 0.784. The number of aryl methyl sites for hydroxylation is 2. The summed E-state index contributed by atoms with van der Waals surface area (Å²) in [6, 6.07) is 6.25. The third-order valence-electron chi connectivity index (χ3n) is 6.37. The van der Waals surface area contributed by atoms with Crippen LogP contribution in [0.15, 0.2) is 36.4 Å². The van der Waals surface area contributed by atoms with Gasteiger partial charge in [-0.2, -0.15) is 5.10 Å². The van der Waals surface area contributed by atoms with Crippen molar-refractivity contribution in [2.75, 3.05) is 18.5 Å². The lowest BCUT2D eigenvalue weighted by atomic mass is 9.76. The van der Waals surface area contributed by atoms with Crippen LogP contribution >= 0.6 is 0 Å². The minimum absolute atomic E-state index is 0.136. The van der Waals surface area contributed by atoms with Crippen LogP contribution in [0.1, 0.15) is 17.0 Å². The summed E-state index contributed by atoms with van der Waals surface area (Å²) in [6.07, 6.45) is 3.39. The molecular formula is C22H23FN4O3. The number of fused-ring (bicyclic) bond motifs is 1. The second-order valence-corrected chi connectivity index (χ2v) is 8.49. The number of carbonyl (C=O) groups is 2. The van der Waals surface area contributed by atoms with E-state index < -0.39 is 23.5 Å². The summed E-state index contributed by atoms with van der Waals surface area (Å²) in [4.78, 5) is 30.0. The number of aromatic nitrogens is 2. The van der Waals surface area contributed by atoms with E-state index in [1.54, 1.807) is 29.8 Å². The number of ether oxygens (including phenoxy) is 1. The number of hydrogen-bond donors (Lipinski definition) is 1. The molecule has 2 fully saturated rings. The van der Waals surface area contributed by atoms with Crippen molar-refractivity contribution in [2.45, 2.75) is 32.1 Å². The van der Waals surface area contributed by atoms with E-state index >= 15 is 0 Å². The summed E-state index contributed by atoms with van der Waals surface area (Å²) < 4.78 is 19.7. The van der Waals surface area contributed by atoms with Gasteiger partial charge in [-0.25, -0.2) is 4.39 Å². The van der Waals surface area contributed by atoms with Crippen molar-refractivity contribution >= 4 is 17.5 Å². The average molecular weight is 410 g/mol. The van der Waals surface area contributed by atoms with Gasteiger partial charge in [0.15, 0.2) is 0 Å². The summed E-state index contributed by atoms with van der Waals surface area (Å²) in [5, 5.41) is 7.07. The van der Waals surface area contributed by atoms with Crippen molar-refractivity contribution in [2.24, 2.45) is 11.8 Å². The Morgan fingerprint density at radius 1 is 1.40 bits per heavy atom. The maximum absolute atomic E-state index is 13.6. The number of carbonyl (C=O) groups excluding carboxylic acids is 2. The molecule has 3 aliphatic rings. The number of benzene rings is 1. The molecule has 3 aliphatic heterocycles. The number of rotatable bonds is 4. The lowest BCUT2D eigenvalue weighted by molar-refractivity contribution is -0.139. The Hall–Kier alpha value is -3.00. The van der Waals surface area contributed by atoms with E-state index in [2.05, 4.69) is 10.2 Å². The van der Waals surface area contributed by atoms with Gasteiger partial charge in [0.1, 0.15) is 11.4 Å².